The summed E-state index contributed by atoms with van der Waals surface area (Å²) in [7, 11) is 1.81. The van der Waals surface area contributed by atoms with Crippen LogP contribution in [0.5, 0.6) is 0 Å². The standard InChI is InChI=1S/C10H14N2O/c1-12(13)7-3-5-10(12)9-4-2-6-11-8-9/h2,4,6-8,10,13H,3,5H2,1H3. The Bertz CT molecular complexity index is 284. The van der Waals surface area contributed by atoms with Crippen molar-refractivity contribution in [2.24, 2.45) is 0 Å². The third-order valence-electron chi connectivity index (χ3n) is 2.64. The molecule has 1 aliphatic heterocycles. The Morgan fingerprint density at radius 2 is 2.54 bits per heavy atom. The second-order valence-electron chi connectivity index (χ2n) is 3.66. The molecule has 1 aromatic heterocycles. The van der Waals surface area contributed by atoms with Crippen LogP contribution in [0, 0.1) is 6.54 Å². The van der Waals surface area contributed by atoms with Gasteiger partial charge in [-0.1, -0.05) is 0 Å². The molecule has 0 amide bonds. The van der Waals surface area contributed by atoms with Crippen molar-refractivity contribution in [1.82, 2.24) is 4.98 Å². The van der Waals surface area contributed by atoms with Crippen LogP contribution in [0.4, 0.5) is 0 Å². The molecule has 1 fully saturated rings. The Labute approximate surface area is 78.2 Å². The minimum atomic E-state index is -0.00824. The average Bonchev–Trinajstić information content (AvgIpc) is 2.47. The van der Waals surface area contributed by atoms with E-state index in [4.69, 9.17) is 0 Å². The third-order valence-corrected chi connectivity index (χ3v) is 2.64. The summed E-state index contributed by atoms with van der Waals surface area (Å²) in [6.45, 7) is 1.93. The zero-order chi connectivity index (χ0) is 9.31. The number of nitrogens with zero attached hydrogens (tertiary/aromatic N) is 2. The third kappa shape index (κ3) is 1.57. The number of likely N-dealkylation sites (tertiary alicyclic amines) is 1. The number of pyridine rings is 1. The van der Waals surface area contributed by atoms with Crippen molar-refractivity contribution in [3.8, 4) is 0 Å². The molecule has 0 spiro atoms. The molecule has 70 valence electrons. The van der Waals surface area contributed by atoms with Crippen LogP contribution in [0.2, 0.25) is 0 Å². The molecule has 1 aromatic rings. The molecule has 2 atom stereocenters. The van der Waals surface area contributed by atoms with Crippen molar-refractivity contribution >= 4 is 0 Å². The van der Waals surface area contributed by atoms with Gasteiger partial charge in [0, 0.05) is 18.0 Å². The van der Waals surface area contributed by atoms with E-state index in [2.05, 4.69) is 4.98 Å². The maximum atomic E-state index is 9.96. The van der Waals surface area contributed by atoms with Crippen molar-refractivity contribution in [2.45, 2.75) is 18.9 Å². The van der Waals surface area contributed by atoms with Crippen LogP contribution in [-0.4, -0.2) is 21.9 Å². The lowest BCUT2D eigenvalue weighted by Crippen LogP contribution is -2.36. The van der Waals surface area contributed by atoms with Crippen molar-refractivity contribution in [1.29, 1.82) is 0 Å². The largest absolute Gasteiger partial charge is 0.305 e. The molecular formula is C10H14N2O. The van der Waals surface area contributed by atoms with Gasteiger partial charge in [-0.25, -0.2) is 5.21 Å². The molecule has 1 aliphatic rings. The van der Waals surface area contributed by atoms with Gasteiger partial charge in [0.2, 0.25) is 0 Å². The summed E-state index contributed by atoms with van der Waals surface area (Å²) in [4.78, 5) is 4.06. The minimum Gasteiger partial charge on any atom is -0.305 e. The first-order chi connectivity index (χ1) is 6.20. The van der Waals surface area contributed by atoms with Gasteiger partial charge in [0.1, 0.15) is 6.04 Å². The Morgan fingerprint density at radius 1 is 1.69 bits per heavy atom. The Hall–Kier alpha value is -0.930. The molecule has 3 heteroatoms. The van der Waals surface area contributed by atoms with E-state index in [-0.39, 0.29) is 10.7 Å². The van der Waals surface area contributed by atoms with E-state index < -0.39 is 0 Å². The number of quaternary nitrogens is 1. The van der Waals surface area contributed by atoms with Crippen LogP contribution in [-0.2, 0) is 0 Å². The van der Waals surface area contributed by atoms with Crippen LogP contribution in [0.25, 0.3) is 0 Å². The first-order valence-corrected chi connectivity index (χ1v) is 4.53. The predicted molar refractivity (Wildman–Crippen MR) is 48.5 cm³/mol. The Morgan fingerprint density at radius 3 is 3.08 bits per heavy atom. The smallest absolute Gasteiger partial charge is 0.118 e. The molecule has 2 rings (SSSR count). The van der Waals surface area contributed by atoms with E-state index in [0.717, 1.165) is 18.4 Å². The van der Waals surface area contributed by atoms with Gasteiger partial charge >= 0.3 is 0 Å². The van der Waals surface area contributed by atoms with Crippen LogP contribution < -0.4 is 0 Å². The van der Waals surface area contributed by atoms with Gasteiger partial charge in [0.15, 0.2) is 0 Å². The highest BCUT2D eigenvalue weighted by molar-refractivity contribution is 5.12. The van der Waals surface area contributed by atoms with Gasteiger partial charge in [-0.3, -0.25) is 4.98 Å². The number of aromatic nitrogens is 1. The van der Waals surface area contributed by atoms with Gasteiger partial charge in [0.05, 0.1) is 7.05 Å². The number of hydrogen-bond acceptors (Lipinski definition) is 2. The molecule has 0 aliphatic carbocycles. The second kappa shape index (κ2) is 3.09. The fourth-order valence-electron chi connectivity index (χ4n) is 1.92. The van der Waals surface area contributed by atoms with Gasteiger partial charge in [0.25, 0.3) is 0 Å². The minimum absolute atomic E-state index is 0.00824. The summed E-state index contributed by atoms with van der Waals surface area (Å²) >= 11 is 0. The van der Waals surface area contributed by atoms with E-state index in [1.165, 1.54) is 0 Å². The molecule has 1 N–H and O–H groups in total. The van der Waals surface area contributed by atoms with Crippen LogP contribution in [0.1, 0.15) is 24.4 Å². The fraction of sp³-hybridized carbons (Fsp3) is 0.400. The normalized spacial score (nSPS) is 33.5. The van der Waals surface area contributed by atoms with Crippen LogP contribution in [0.3, 0.4) is 0 Å². The second-order valence-corrected chi connectivity index (χ2v) is 3.66. The van der Waals surface area contributed by atoms with Crippen molar-refractivity contribution in [2.75, 3.05) is 7.05 Å². The number of hydroxylamine groups is 3. The summed E-state index contributed by atoms with van der Waals surface area (Å²) in [5.74, 6) is 0. The fourth-order valence-corrected chi connectivity index (χ4v) is 1.92. The summed E-state index contributed by atoms with van der Waals surface area (Å²) in [6, 6.07) is 4.09. The quantitative estimate of drug-likeness (QED) is 0.526. The molecule has 0 radical (unpaired) electrons. The highest BCUT2D eigenvalue weighted by Gasteiger charge is 2.31. The molecule has 0 saturated carbocycles. The zero-order valence-corrected chi connectivity index (χ0v) is 7.72. The van der Waals surface area contributed by atoms with Gasteiger partial charge in [-0.05, 0) is 18.6 Å². The van der Waals surface area contributed by atoms with Crippen molar-refractivity contribution in [3.63, 3.8) is 0 Å². The molecule has 1 saturated heterocycles. The van der Waals surface area contributed by atoms with E-state index in [0.29, 0.717) is 0 Å². The first-order valence-electron chi connectivity index (χ1n) is 4.53. The molecule has 0 bridgehead atoms. The van der Waals surface area contributed by atoms with E-state index >= 15 is 0 Å². The maximum Gasteiger partial charge on any atom is 0.118 e. The molecule has 2 unspecified atom stereocenters. The number of rotatable bonds is 1. The van der Waals surface area contributed by atoms with Gasteiger partial charge in [-0.15, -0.1) is 13.0 Å². The maximum absolute atomic E-state index is 9.96. The molecule has 2 heterocycles. The van der Waals surface area contributed by atoms with Crippen LogP contribution in [0.15, 0.2) is 24.5 Å². The summed E-state index contributed by atoms with van der Waals surface area (Å²) in [6.07, 6.45) is 5.55. The first kappa shape index (κ1) is 8.66. The van der Waals surface area contributed by atoms with E-state index in [1.807, 2.05) is 31.9 Å². The van der Waals surface area contributed by atoms with E-state index in [9.17, 15) is 5.21 Å². The number of hydrogen-bond donors (Lipinski definition) is 1. The molecule has 0 aromatic carbocycles. The van der Waals surface area contributed by atoms with Crippen molar-refractivity contribution < 1.29 is 9.85 Å². The van der Waals surface area contributed by atoms with Crippen molar-refractivity contribution in [3.05, 3.63) is 36.6 Å². The average molecular weight is 178 g/mol. The lowest BCUT2D eigenvalue weighted by Gasteiger charge is -2.35. The zero-order valence-electron chi connectivity index (χ0n) is 7.72. The lowest BCUT2D eigenvalue weighted by molar-refractivity contribution is -1.08. The Balaban J connectivity index is 2.27. The molecular weight excluding hydrogens is 164 g/mol. The van der Waals surface area contributed by atoms with Gasteiger partial charge in [-0.2, -0.15) is 0 Å². The highest BCUT2D eigenvalue weighted by atomic mass is 16.5. The van der Waals surface area contributed by atoms with Crippen LogP contribution >= 0.6 is 0 Å². The summed E-state index contributed by atoms with van der Waals surface area (Å²) in [5, 5.41) is 9.96. The SMILES string of the molecule is C[N+]1(O)[CH-]CCC1c1cccnc1. The topological polar surface area (TPSA) is 33.1 Å². The summed E-state index contributed by atoms with van der Waals surface area (Å²) < 4.78 is -0.00824. The summed E-state index contributed by atoms with van der Waals surface area (Å²) in [5.41, 5.74) is 1.11. The molecule has 3 nitrogen and oxygen atoms in total. The highest BCUT2D eigenvalue weighted by Crippen LogP contribution is 2.37. The monoisotopic (exact) mass is 178 g/mol. The Kier molecular flexibility index (Phi) is 2.06. The molecule has 13 heavy (non-hydrogen) atoms. The van der Waals surface area contributed by atoms with E-state index in [1.54, 1.807) is 6.20 Å². The predicted octanol–water partition coefficient (Wildman–Crippen LogP) is 1.91. The van der Waals surface area contributed by atoms with Gasteiger partial charge < -0.3 is 4.65 Å². The lowest BCUT2D eigenvalue weighted by atomic mass is 10.1.